The van der Waals surface area contributed by atoms with E-state index in [1.54, 1.807) is 28.2 Å². The first-order valence-corrected chi connectivity index (χ1v) is 10.7. The van der Waals surface area contributed by atoms with Crippen LogP contribution in [0.15, 0.2) is 47.8 Å². The monoisotopic (exact) mass is 425 g/mol. The number of aryl methyl sites for hydroxylation is 2. The molecular formula is C23H21ClFN3S. The van der Waals surface area contributed by atoms with Crippen LogP contribution in [-0.2, 0) is 7.05 Å². The number of halogens is 2. The minimum Gasteiger partial charge on any atom is -0.248 e. The lowest BCUT2D eigenvalue weighted by atomic mass is 9.98. The summed E-state index contributed by atoms with van der Waals surface area (Å²) in [6, 6.07) is 13.2. The van der Waals surface area contributed by atoms with Crippen LogP contribution in [0.1, 0.15) is 30.9 Å². The third-order valence-corrected chi connectivity index (χ3v) is 6.43. The van der Waals surface area contributed by atoms with Gasteiger partial charge in [-0.2, -0.15) is 5.10 Å². The van der Waals surface area contributed by atoms with Crippen LogP contribution < -0.4 is 0 Å². The van der Waals surface area contributed by atoms with Crippen LogP contribution in [0.2, 0.25) is 5.02 Å². The third kappa shape index (κ3) is 3.61. The first-order chi connectivity index (χ1) is 13.9. The van der Waals surface area contributed by atoms with Crippen LogP contribution in [0.3, 0.4) is 0 Å². The molecule has 2 heterocycles. The maximum atomic E-state index is 14.4. The Morgan fingerprint density at radius 1 is 1.10 bits per heavy atom. The van der Waals surface area contributed by atoms with Gasteiger partial charge < -0.3 is 0 Å². The summed E-state index contributed by atoms with van der Waals surface area (Å²) in [5.74, 6) is 1.01. The summed E-state index contributed by atoms with van der Waals surface area (Å²) in [6.07, 6.45) is 0. The van der Waals surface area contributed by atoms with Crippen molar-refractivity contribution in [3.63, 3.8) is 0 Å². The zero-order valence-electron chi connectivity index (χ0n) is 16.7. The second kappa shape index (κ2) is 7.73. The van der Waals surface area contributed by atoms with Gasteiger partial charge in [0.2, 0.25) is 0 Å². The lowest BCUT2D eigenvalue weighted by Crippen LogP contribution is -1.96. The highest BCUT2D eigenvalue weighted by molar-refractivity contribution is 7.14. The highest BCUT2D eigenvalue weighted by Crippen LogP contribution is 2.40. The zero-order valence-corrected chi connectivity index (χ0v) is 18.3. The van der Waals surface area contributed by atoms with Crippen molar-refractivity contribution in [3.05, 3.63) is 69.8 Å². The smallest absolute Gasteiger partial charge is 0.186 e. The molecule has 4 rings (SSSR count). The molecule has 0 aliphatic heterocycles. The Bertz CT molecular complexity index is 1170. The number of benzene rings is 2. The van der Waals surface area contributed by atoms with Gasteiger partial charge in [-0.15, -0.1) is 11.3 Å². The third-order valence-electron chi connectivity index (χ3n) is 4.96. The summed E-state index contributed by atoms with van der Waals surface area (Å²) >= 11 is 7.91. The Morgan fingerprint density at radius 3 is 2.59 bits per heavy atom. The predicted molar refractivity (Wildman–Crippen MR) is 119 cm³/mol. The van der Waals surface area contributed by atoms with Gasteiger partial charge in [-0.25, -0.2) is 14.1 Å². The number of hydrogen-bond acceptors (Lipinski definition) is 3. The molecule has 148 valence electrons. The van der Waals surface area contributed by atoms with E-state index in [1.807, 2.05) is 7.05 Å². The van der Waals surface area contributed by atoms with Crippen LogP contribution in [-0.4, -0.2) is 14.8 Å². The fourth-order valence-electron chi connectivity index (χ4n) is 3.39. The summed E-state index contributed by atoms with van der Waals surface area (Å²) < 4.78 is 16.1. The molecule has 6 heteroatoms. The quantitative estimate of drug-likeness (QED) is 0.349. The van der Waals surface area contributed by atoms with E-state index in [0.29, 0.717) is 16.8 Å². The predicted octanol–water partition coefficient (Wildman–Crippen LogP) is 7.10. The Morgan fingerprint density at radius 2 is 1.86 bits per heavy atom. The van der Waals surface area contributed by atoms with Crippen LogP contribution in [0.5, 0.6) is 0 Å². The average molecular weight is 426 g/mol. The standard InChI is InChI=1S/C23H21ClFN3S/c1-13(2)15-7-5-8-16(11-15)21-19(14(3)12-29-21)23-26-22(27-28(23)4)20-17(24)9-6-10-18(20)25/h5-13H,1-4H3. The number of rotatable bonds is 4. The van der Waals surface area contributed by atoms with E-state index >= 15 is 0 Å². The minimum atomic E-state index is -0.429. The molecule has 2 aromatic carbocycles. The molecule has 0 aliphatic rings. The van der Waals surface area contributed by atoms with Crippen molar-refractivity contribution in [2.45, 2.75) is 26.7 Å². The lowest BCUT2D eigenvalue weighted by molar-refractivity contribution is 0.629. The second-order valence-electron chi connectivity index (χ2n) is 7.38. The van der Waals surface area contributed by atoms with Crippen LogP contribution in [0, 0.1) is 12.7 Å². The number of nitrogens with zero attached hydrogens (tertiary/aromatic N) is 3. The van der Waals surface area contributed by atoms with Gasteiger partial charge in [-0.05, 0) is 47.0 Å². The molecule has 0 bridgehead atoms. The molecule has 0 N–H and O–H groups in total. The number of hydrogen-bond donors (Lipinski definition) is 0. The van der Waals surface area contributed by atoms with Gasteiger partial charge in [-0.1, -0.05) is 55.8 Å². The molecule has 3 nitrogen and oxygen atoms in total. The molecule has 0 aliphatic carbocycles. The molecule has 4 aromatic rings. The molecule has 0 saturated heterocycles. The summed E-state index contributed by atoms with van der Waals surface area (Å²) in [7, 11) is 1.83. The van der Waals surface area contributed by atoms with E-state index in [1.165, 1.54) is 11.6 Å². The van der Waals surface area contributed by atoms with E-state index in [2.05, 4.69) is 60.5 Å². The van der Waals surface area contributed by atoms with Gasteiger partial charge in [-0.3, -0.25) is 0 Å². The van der Waals surface area contributed by atoms with Crippen molar-refractivity contribution in [3.8, 4) is 33.2 Å². The molecule has 0 fully saturated rings. The number of aromatic nitrogens is 3. The van der Waals surface area contributed by atoms with Gasteiger partial charge in [0.25, 0.3) is 0 Å². The maximum Gasteiger partial charge on any atom is 0.186 e. The van der Waals surface area contributed by atoms with Crippen LogP contribution in [0.25, 0.3) is 33.2 Å². The van der Waals surface area contributed by atoms with Crippen molar-refractivity contribution in [1.29, 1.82) is 0 Å². The van der Waals surface area contributed by atoms with Gasteiger partial charge in [0, 0.05) is 17.5 Å². The van der Waals surface area contributed by atoms with E-state index < -0.39 is 5.82 Å². The van der Waals surface area contributed by atoms with E-state index in [0.717, 1.165) is 21.6 Å². The van der Waals surface area contributed by atoms with Crippen molar-refractivity contribution in [2.75, 3.05) is 0 Å². The van der Waals surface area contributed by atoms with Crippen molar-refractivity contribution < 1.29 is 4.39 Å². The van der Waals surface area contributed by atoms with Gasteiger partial charge >= 0.3 is 0 Å². The first-order valence-electron chi connectivity index (χ1n) is 9.41. The normalized spacial score (nSPS) is 11.4. The van der Waals surface area contributed by atoms with Crippen molar-refractivity contribution in [1.82, 2.24) is 14.8 Å². The molecule has 0 radical (unpaired) electrons. The van der Waals surface area contributed by atoms with E-state index in [9.17, 15) is 4.39 Å². The molecule has 0 atom stereocenters. The fraction of sp³-hybridized carbons (Fsp3) is 0.217. The van der Waals surface area contributed by atoms with Gasteiger partial charge in [0.15, 0.2) is 11.6 Å². The highest BCUT2D eigenvalue weighted by Gasteiger charge is 2.22. The molecular weight excluding hydrogens is 405 g/mol. The summed E-state index contributed by atoms with van der Waals surface area (Å²) in [4.78, 5) is 5.81. The number of thiophene rings is 1. The van der Waals surface area contributed by atoms with E-state index in [-0.39, 0.29) is 11.4 Å². The second-order valence-corrected chi connectivity index (χ2v) is 8.67. The SMILES string of the molecule is Cc1csc(-c2cccc(C(C)C)c2)c1-c1nc(-c2c(F)cccc2Cl)nn1C. The molecule has 0 unspecified atom stereocenters. The zero-order chi connectivity index (χ0) is 20.7. The molecule has 2 aromatic heterocycles. The Labute approximate surface area is 178 Å². The lowest BCUT2D eigenvalue weighted by Gasteiger charge is -2.09. The van der Waals surface area contributed by atoms with Crippen LogP contribution >= 0.6 is 22.9 Å². The fourth-order valence-corrected chi connectivity index (χ4v) is 4.69. The molecule has 0 saturated carbocycles. The van der Waals surface area contributed by atoms with Crippen molar-refractivity contribution in [2.24, 2.45) is 7.05 Å². The average Bonchev–Trinajstić information content (AvgIpc) is 3.24. The molecule has 0 amide bonds. The summed E-state index contributed by atoms with van der Waals surface area (Å²) in [6.45, 7) is 6.44. The topological polar surface area (TPSA) is 30.7 Å². The highest BCUT2D eigenvalue weighted by atomic mass is 35.5. The van der Waals surface area contributed by atoms with Gasteiger partial charge in [0.1, 0.15) is 5.82 Å². The van der Waals surface area contributed by atoms with Crippen molar-refractivity contribution >= 4 is 22.9 Å². The maximum absolute atomic E-state index is 14.4. The van der Waals surface area contributed by atoms with Gasteiger partial charge in [0.05, 0.1) is 10.6 Å². The van der Waals surface area contributed by atoms with E-state index in [4.69, 9.17) is 11.6 Å². The largest absolute Gasteiger partial charge is 0.248 e. The van der Waals surface area contributed by atoms with Crippen LogP contribution in [0.4, 0.5) is 4.39 Å². The summed E-state index contributed by atoms with van der Waals surface area (Å²) in [5.41, 5.74) is 4.80. The summed E-state index contributed by atoms with van der Waals surface area (Å²) in [5, 5.41) is 6.89. The Kier molecular flexibility index (Phi) is 5.28. The Balaban J connectivity index is 1.87. The molecule has 29 heavy (non-hydrogen) atoms. The molecule has 0 spiro atoms. The Hall–Kier alpha value is -2.50. The minimum absolute atomic E-state index is 0.229. The first kappa shape index (κ1) is 19.8.